The number of sulfonamides is 1. The molecule has 1 aromatic heterocycles. The Kier molecular flexibility index (Phi) is 8.72. The molecule has 0 unspecified atom stereocenters. The molecular weight excluding hydrogens is 461 g/mol. The van der Waals surface area contributed by atoms with Crippen molar-refractivity contribution in [3.63, 3.8) is 0 Å². The summed E-state index contributed by atoms with van der Waals surface area (Å²) in [5.74, 6) is -0.449. The Morgan fingerprint density at radius 3 is 2.32 bits per heavy atom. The quantitative estimate of drug-likeness (QED) is 0.285. The molecule has 0 bridgehead atoms. The van der Waals surface area contributed by atoms with Crippen LogP contribution in [0.25, 0.3) is 6.08 Å². The van der Waals surface area contributed by atoms with Crippen LogP contribution in [0.5, 0.6) is 0 Å². The van der Waals surface area contributed by atoms with Gasteiger partial charge in [0.25, 0.3) is 0 Å². The summed E-state index contributed by atoms with van der Waals surface area (Å²) in [6, 6.07) is 15.1. The number of amides is 2. The SMILES string of the molecule is O=C(/C=C/c1ccc(S(=O)(=O)NCc2ccco2)cc1)NCCNC(=O)Cc1ccc(F)cc1. The van der Waals surface area contributed by atoms with Crippen molar-refractivity contribution in [2.45, 2.75) is 17.9 Å². The van der Waals surface area contributed by atoms with Gasteiger partial charge in [-0.25, -0.2) is 17.5 Å². The van der Waals surface area contributed by atoms with Gasteiger partial charge in [0.1, 0.15) is 11.6 Å². The lowest BCUT2D eigenvalue weighted by molar-refractivity contribution is -0.121. The number of furan rings is 1. The van der Waals surface area contributed by atoms with Gasteiger partial charge in [-0.05, 0) is 53.6 Å². The highest BCUT2D eigenvalue weighted by molar-refractivity contribution is 7.89. The van der Waals surface area contributed by atoms with Gasteiger partial charge >= 0.3 is 0 Å². The molecule has 0 saturated heterocycles. The maximum atomic E-state index is 12.9. The van der Waals surface area contributed by atoms with Gasteiger partial charge in [-0.15, -0.1) is 0 Å². The van der Waals surface area contributed by atoms with E-state index in [1.807, 2.05) is 0 Å². The fourth-order valence-corrected chi connectivity index (χ4v) is 3.88. The molecule has 3 N–H and O–H groups in total. The largest absolute Gasteiger partial charge is 0.468 e. The summed E-state index contributed by atoms with van der Waals surface area (Å²) in [5, 5.41) is 5.31. The lowest BCUT2D eigenvalue weighted by Crippen LogP contribution is -2.34. The summed E-state index contributed by atoms with van der Waals surface area (Å²) >= 11 is 0. The monoisotopic (exact) mass is 485 g/mol. The van der Waals surface area contributed by atoms with E-state index in [2.05, 4.69) is 15.4 Å². The van der Waals surface area contributed by atoms with Crippen LogP contribution in [0.3, 0.4) is 0 Å². The van der Waals surface area contributed by atoms with Crippen LogP contribution in [0.2, 0.25) is 0 Å². The minimum atomic E-state index is -3.69. The standard InChI is InChI=1S/C24H24FN3O5S/c25-20-8-3-19(4-9-20)16-24(30)27-14-13-26-23(29)12-7-18-5-10-22(11-6-18)34(31,32)28-17-21-2-1-15-33-21/h1-12,15,28H,13-14,16-17H2,(H,26,29)(H,27,30)/b12-7+. The van der Waals surface area contributed by atoms with Gasteiger partial charge in [-0.1, -0.05) is 24.3 Å². The van der Waals surface area contributed by atoms with Gasteiger partial charge in [-0.2, -0.15) is 0 Å². The molecule has 10 heteroatoms. The van der Waals surface area contributed by atoms with Gasteiger partial charge in [-0.3, -0.25) is 9.59 Å². The van der Waals surface area contributed by atoms with Crippen LogP contribution in [-0.2, 0) is 32.6 Å². The molecule has 34 heavy (non-hydrogen) atoms. The minimum Gasteiger partial charge on any atom is -0.468 e. The van der Waals surface area contributed by atoms with E-state index in [-0.39, 0.29) is 48.6 Å². The van der Waals surface area contributed by atoms with Crippen LogP contribution in [0.15, 0.2) is 82.3 Å². The Morgan fingerprint density at radius 1 is 0.941 bits per heavy atom. The molecule has 1 heterocycles. The summed E-state index contributed by atoms with van der Waals surface area (Å²) in [4.78, 5) is 23.9. The second kappa shape index (κ2) is 11.9. The van der Waals surface area contributed by atoms with Crippen molar-refractivity contribution >= 4 is 27.9 Å². The predicted molar refractivity (Wildman–Crippen MR) is 124 cm³/mol. The third kappa shape index (κ3) is 7.98. The maximum Gasteiger partial charge on any atom is 0.244 e. The van der Waals surface area contributed by atoms with Gasteiger partial charge in [0, 0.05) is 19.2 Å². The molecule has 0 aliphatic heterocycles. The first kappa shape index (κ1) is 24.9. The number of halogens is 1. The molecule has 0 saturated carbocycles. The molecule has 0 aliphatic carbocycles. The van der Waals surface area contributed by atoms with Gasteiger partial charge in [0.2, 0.25) is 21.8 Å². The van der Waals surface area contributed by atoms with Crippen molar-refractivity contribution in [2.75, 3.05) is 13.1 Å². The van der Waals surface area contributed by atoms with Crippen molar-refractivity contribution in [3.05, 3.63) is 95.7 Å². The van der Waals surface area contributed by atoms with Crippen LogP contribution in [-0.4, -0.2) is 33.3 Å². The lowest BCUT2D eigenvalue weighted by atomic mass is 10.1. The highest BCUT2D eigenvalue weighted by Gasteiger charge is 2.14. The van der Waals surface area contributed by atoms with E-state index in [1.165, 1.54) is 36.6 Å². The molecule has 3 aromatic rings. The third-order valence-corrected chi connectivity index (χ3v) is 6.08. The Morgan fingerprint density at radius 2 is 1.65 bits per heavy atom. The zero-order chi connectivity index (χ0) is 24.4. The first-order chi connectivity index (χ1) is 16.3. The average Bonchev–Trinajstić information content (AvgIpc) is 3.35. The molecule has 0 radical (unpaired) electrons. The molecule has 2 aromatic carbocycles. The fraction of sp³-hybridized carbons (Fsp3) is 0.167. The van der Waals surface area contributed by atoms with Gasteiger partial charge < -0.3 is 15.1 Å². The molecule has 0 aliphatic rings. The highest BCUT2D eigenvalue weighted by Crippen LogP contribution is 2.12. The second-order valence-electron chi connectivity index (χ2n) is 7.25. The number of benzene rings is 2. The Balaban J connectivity index is 1.38. The number of nitrogens with one attached hydrogen (secondary N) is 3. The molecule has 0 fully saturated rings. The van der Waals surface area contributed by atoms with E-state index in [1.54, 1.807) is 42.5 Å². The molecule has 3 rings (SSSR count). The maximum absolute atomic E-state index is 12.9. The smallest absolute Gasteiger partial charge is 0.244 e. The lowest BCUT2D eigenvalue weighted by Gasteiger charge is -2.06. The molecule has 2 amide bonds. The van der Waals surface area contributed by atoms with Crippen LogP contribution >= 0.6 is 0 Å². The van der Waals surface area contributed by atoms with Crippen LogP contribution in [0.1, 0.15) is 16.9 Å². The number of hydrogen-bond acceptors (Lipinski definition) is 5. The van der Waals surface area contributed by atoms with Crippen molar-refractivity contribution < 1.29 is 26.8 Å². The zero-order valence-electron chi connectivity index (χ0n) is 18.2. The number of rotatable bonds is 11. The van der Waals surface area contributed by atoms with E-state index < -0.39 is 10.0 Å². The molecule has 178 valence electrons. The Labute approximate surface area is 196 Å². The normalized spacial score (nSPS) is 11.4. The van der Waals surface area contributed by atoms with Crippen molar-refractivity contribution in [1.29, 1.82) is 0 Å². The van der Waals surface area contributed by atoms with Gasteiger partial charge in [0.15, 0.2) is 0 Å². The summed E-state index contributed by atoms with van der Waals surface area (Å²) in [7, 11) is -3.69. The van der Waals surface area contributed by atoms with E-state index in [0.717, 1.165) is 0 Å². The average molecular weight is 486 g/mol. The first-order valence-electron chi connectivity index (χ1n) is 10.4. The van der Waals surface area contributed by atoms with E-state index in [9.17, 15) is 22.4 Å². The van der Waals surface area contributed by atoms with Gasteiger partial charge in [0.05, 0.1) is 24.1 Å². The first-order valence-corrected chi connectivity index (χ1v) is 11.9. The number of carbonyl (C=O) groups is 2. The molecule has 0 spiro atoms. The van der Waals surface area contributed by atoms with Crippen LogP contribution < -0.4 is 15.4 Å². The Hall–Kier alpha value is -3.76. The number of hydrogen-bond donors (Lipinski definition) is 3. The summed E-state index contributed by atoms with van der Waals surface area (Å²) in [5.41, 5.74) is 1.34. The highest BCUT2D eigenvalue weighted by atomic mass is 32.2. The summed E-state index contributed by atoms with van der Waals surface area (Å²) in [6.07, 6.45) is 4.46. The third-order valence-electron chi connectivity index (χ3n) is 4.66. The van der Waals surface area contributed by atoms with Crippen LogP contribution in [0, 0.1) is 5.82 Å². The van der Waals surface area contributed by atoms with Crippen LogP contribution in [0.4, 0.5) is 4.39 Å². The predicted octanol–water partition coefficient (Wildman–Crippen LogP) is 2.39. The second-order valence-corrected chi connectivity index (χ2v) is 9.02. The summed E-state index contributed by atoms with van der Waals surface area (Å²) in [6.45, 7) is 0.526. The fourth-order valence-electron chi connectivity index (χ4n) is 2.89. The van der Waals surface area contributed by atoms with E-state index in [0.29, 0.717) is 16.9 Å². The molecule has 0 atom stereocenters. The topological polar surface area (TPSA) is 118 Å². The molecule has 8 nitrogen and oxygen atoms in total. The number of carbonyl (C=O) groups excluding carboxylic acids is 2. The molecular formula is C24H24FN3O5S. The van der Waals surface area contributed by atoms with E-state index >= 15 is 0 Å². The minimum absolute atomic E-state index is 0.0455. The summed E-state index contributed by atoms with van der Waals surface area (Å²) < 4.78 is 45.1. The van der Waals surface area contributed by atoms with Crippen molar-refractivity contribution in [2.24, 2.45) is 0 Å². The van der Waals surface area contributed by atoms with Crippen molar-refractivity contribution in [1.82, 2.24) is 15.4 Å². The zero-order valence-corrected chi connectivity index (χ0v) is 19.0. The van der Waals surface area contributed by atoms with Crippen molar-refractivity contribution in [3.8, 4) is 0 Å². The van der Waals surface area contributed by atoms with E-state index in [4.69, 9.17) is 4.42 Å². The Bertz CT molecular complexity index is 1220.